The zero-order valence-electron chi connectivity index (χ0n) is 9.94. The number of imide groups is 1. The minimum Gasteiger partial charge on any atom is -0.397 e. The summed E-state index contributed by atoms with van der Waals surface area (Å²) in [5.74, 6) is -0.386. The van der Waals surface area contributed by atoms with Crippen molar-refractivity contribution in [1.82, 2.24) is 4.90 Å². The molecule has 18 heavy (non-hydrogen) atoms. The molecular weight excluding hydrogens is 254 g/mol. The Hall–Kier alpha value is -1.75. The summed E-state index contributed by atoms with van der Waals surface area (Å²) in [5.41, 5.74) is 6.94. The van der Waals surface area contributed by atoms with Crippen LogP contribution in [0.2, 0.25) is 5.02 Å². The van der Waals surface area contributed by atoms with Crippen molar-refractivity contribution in [2.75, 3.05) is 18.1 Å². The quantitative estimate of drug-likeness (QED) is 0.629. The maximum Gasteiger partial charge on any atom is 0.251 e. The Morgan fingerprint density at radius 1 is 1.44 bits per heavy atom. The molecule has 1 saturated heterocycles. The van der Waals surface area contributed by atoms with Crippen LogP contribution in [0.1, 0.15) is 12.8 Å². The van der Waals surface area contributed by atoms with Gasteiger partial charge in [-0.1, -0.05) is 11.6 Å². The molecule has 0 saturated carbocycles. The van der Waals surface area contributed by atoms with Gasteiger partial charge in [0, 0.05) is 18.5 Å². The van der Waals surface area contributed by atoms with E-state index >= 15 is 0 Å². The number of nitrogens with one attached hydrogen (secondary N) is 1. The summed E-state index contributed by atoms with van der Waals surface area (Å²) in [7, 11) is 1.49. The average molecular weight is 268 g/mol. The van der Waals surface area contributed by atoms with Gasteiger partial charge in [0.25, 0.3) is 5.91 Å². The fourth-order valence-electron chi connectivity index (χ4n) is 1.90. The smallest absolute Gasteiger partial charge is 0.251 e. The van der Waals surface area contributed by atoms with Gasteiger partial charge in [-0.25, -0.2) is 0 Å². The van der Waals surface area contributed by atoms with E-state index in [2.05, 4.69) is 5.32 Å². The van der Waals surface area contributed by atoms with E-state index in [0.717, 1.165) is 4.90 Å². The third kappa shape index (κ3) is 2.41. The van der Waals surface area contributed by atoms with E-state index in [1.165, 1.54) is 7.05 Å². The van der Waals surface area contributed by atoms with Crippen molar-refractivity contribution < 1.29 is 9.59 Å². The second-order valence-corrected chi connectivity index (χ2v) is 4.69. The lowest BCUT2D eigenvalue weighted by molar-refractivity contribution is -0.146. The van der Waals surface area contributed by atoms with Gasteiger partial charge < -0.3 is 11.1 Å². The Kier molecular flexibility index (Phi) is 3.43. The first-order chi connectivity index (χ1) is 8.49. The molecule has 1 aliphatic heterocycles. The molecular formula is C12H14ClN3O2. The lowest BCUT2D eigenvalue weighted by Gasteiger charge is -2.29. The van der Waals surface area contributed by atoms with Gasteiger partial charge in [-0.3, -0.25) is 14.5 Å². The average Bonchev–Trinajstić information content (AvgIpc) is 2.33. The van der Waals surface area contributed by atoms with Gasteiger partial charge >= 0.3 is 0 Å². The lowest BCUT2D eigenvalue weighted by atomic mass is 10.0. The predicted octanol–water partition coefficient (Wildman–Crippen LogP) is 1.48. The molecule has 96 valence electrons. The Morgan fingerprint density at radius 2 is 2.17 bits per heavy atom. The zero-order chi connectivity index (χ0) is 13.3. The van der Waals surface area contributed by atoms with Crippen LogP contribution in [0.5, 0.6) is 0 Å². The molecule has 0 bridgehead atoms. The SMILES string of the molecule is CN1C(=O)CCC(Nc2ccc(Cl)cc2N)C1=O. The van der Waals surface area contributed by atoms with E-state index in [1.807, 2.05) is 0 Å². The number of nitrogens with zero attached hydrogens (tertiary/aromatic N) is 1. The Labute approximate surface area is 110 Å². The van der Waals surface area contributed by atoms with Gasteiger partial charge in [0.2, 0.25) is 5.91 Å². The van der Waals surface area contributed by atoms with Gasteiger partial charge in [-0.15, -0.1) is 0 Å². The summed E-state index contributed by atoms with van der Waals surface area (Å²) < 4.78 is 0. The summed E-state index contributed by atoms with van der Waals surface area (Å²) in [6.45, 7) is 0. The standard InChI is InChI=1S/C12H14ClN3O2/c1-16-11(17)5-4-10(12(16)18)15-9-3-2-7(13)6-8(9)14/h2-3,6,10,15H,4-5,14H2,1H3. The monoisotopic (exact) mass is 267 g/mol. The molecule has 3 N–H and O–H groups in total. The highest BCUT2D eigenvalue weighted by atomic mass is 35.5. The first-order valence-corrected chi connectivity index (χ1v) is 5.99. The molecule has 0 spiro atoms. The Bertz CT molecular complexity index is 504. The number of likely N-dealkylation sites (tertiary alicyclic amines) is 1. The van der Waals surface area contributed by atoms with Crippen LogP contribution in [-0.4, -0.2) is 29.8 Å². The van der Waals surface area contributed by atoms with Gasteiger partial charge in [-0.2, -0.15) is 0 Å². The van der Waals surface area contributed by atoms with Crippen LogP contribution in [0.25, 0.3) is 0 Å². The first-order valence-electron chi connectivity index (χ1n) is 5.61. The highest BCUT2D eigenvalue weighted by Crippen LogP contribution is 2.25. The van der Waals surface area contributed by atoms with E-state index in [4.69, 9.17) is 17.3 Å². The van der Waals surface area contributed by atoms with Crippen molar-refractivity contribution in [3.05, 3.63) is 23.2 Å². The number of rotatable bonds is 2. The third-order valence-electron chi connectivity index (χ3n) is 2.99. The molecule has 1 aromatic rings. The second-order valence-electron chi connectivity index (χ2n) is 4.26. The Balaban J connectivity index is 2.14. The van der Waals surface area contributed by atoms with Crippen LogP contribution in [-0.2, 0) is 9.59 Å². The summed E-state index contributed by atoms with van der Waals surface area (Å²) in [4.78, 5) is 24.4. The van der Waals surface area contributed by atoms with Crippen LogP contribution in [0.3, 0.4) is 0 Å². The van der Waals surface area contributed by atoms with Gasteiger partial charge in [0.15, 0.2) is 0 Å². The molecule has 0 radical (unpaired) electrons. The van der Waals surface area contributed by atoms with E-state index in [1.54, 1.807) is 18.2 Å². The van der Waals surface area contributed by atoms with Gasteiger partial charge in [-0.05, 0) is 24.6 Å². The van der Waals surface area contributed by atoms with Crippen LogP contribution in [0.15, 0.2) is 18.2 Å². The van der Waals surface area contributed by atoms with Crippen molar-refractivity contribution in [2.24, 2.45) is 0 Å². The highest BCUT2D eigenvalue weighted by Gasteiger charge is 2.31. The number of nitrogens with two attached hydrogens (primary N) is 1. The number of carbonyl (C=O) groups excluding carboxylic acids is 2. The molecule has 2 amide bonds. The molecule has 1 heterocycles. The maximum atomic E-state index is 11.9. The number of nitrogen functional groups attached to an aromatic ring is 1. The Morgan fingerprint density at radius 3 is 2.83 bits per heavy atom. The number of piperidine rings is 1. The molecule has 0 aromatic heterocycles. The van der Waals surface area contributed by atoms with Crippen LogP contribution >= 0.6 is 11.6 Å². The number of benzene rings is 1. The molecule has 6 heteroatoms. The largest absolute Gasteiger partial charge is 0.397 e. The van der Waals surface area contributed by atoms with E-state index in [0.29, 0.717) is 29.2 Å². The normalized spacial score (nSPS) is 20.1. The van der Waals surface area contributed by atoms with Crippen LogP contribution in [0.4, 0.5) is 11.4 Å². The molecule has 1 unspecified atom stereocenters. The topological polar surface area (TPSA) is 75.4 Å². The van der Waals surface area contributed by atoms with Gasteiger partial charge in [0.1, 0.15) is 6.04 Å². The molecule has 2 rings (SSSR count). The minimum atomic E-state index is -0.420. The summed E-state index contributed by atoms with van der Waals surface area (Å²) in [6.07, 6.45) is 0.831. The third-order valence-corrected chi connectivity index (χ3v) is 3.23. The van der Waals surface area contributed by atoms with Crippen molar-refractivity contribution in [3.8, 4) is 0 Å². The molecule has 1 fully saturated rings. The number of anilines is 2. The minimum absolute atomic E-state index is 0.151. The van der Waals surface area contributed by atoms with Crippen molar-refractivity contribution in [1.29, 1.82) is 0 Å². The number of hydrogen-bond donors (Lipinski definition) is 2. The number of amides is 2. The fourth-order valence-corrected chi connectivity index (χ4v) is 2.08. The van der Waals surface area contributed by atoms with Gasteiger partial charge in [0.05, 0.1) is 11.4 Å². The number of likely N-dealkylation sites (N-methyl/N-ethyl adjacent to an activating group) is 1. The predicted molar refractivity (Wildman–Crippen MR) is 70.3 cm³/mol. The molecule has 1 atom stereocenters. The molecule has 0 aliphatic carbocycles. The van der Waals surface area contributed by atoms with E-state index < -0.39 is 6.04 Å². The summed E-state index contributed by atoms with van der Waals surface area (Å²) >= 11 is 5.80. The van der Waals surface area contributed by atoms with E-state index in [9.17, 15) is 9.59 Å². The van der Waals surface area contributed by atoms with Crippen molar-refractivity contribution in [3.63, 3.8) is 0 Å². The number of halogens is 1. The van der Waals surface area contributed by atoms with Crippen LogP contribution in [0, 0.1) is 0 Å². The van der Waals surface area contributed by atoms with Crippen LogP contribution < -0.4 is 11.1 Å². The zero-order valence-corrected chi connectivity index (χ0v) is 10.7. The van der Waals surface area contributed by atoms with Crippen molar-refractivity contribution >= 4 is 34.8 Å². The summed E-state index contributed by atoms with van der Waals surface area (Å²) in [6, 6.07) is 4.62. The number of carbonyl (C=O) groups is 2. The molecule has 1 aromatic carbocycles. The van der Waals surface area contributed by atoms with Crippen molar-refractivity contribution in [2.45, 2.75) is 18.9 Å². The molecule has 1 aliphatic rings. The molecule has 5 nitrogen and oxygen atoms in total. The lowest BCUT2D eigenvalue weighted by Crippen LogP contribution is -2.48. The number of hydrogen-bond acceptors (Lipinski definition) is 4. The summed E-state index contributed by atoms with van der Waals surface area (Å²) in [5, 5.41) is 3.59. The fraction of sp³-hybridized carbons (Fsp3) is 0.333. The first kappa shape index (κ1) is 12.7. The van der Waals surface area contributed by atoms with E-state index in [-0.39, 0.29) is 11.8 Å². The maximum absolute atomic E-state index is 11.9. The highest BCUT2D eigenvalue weighted by molar-refractivity contribution is 6.31. The second kappa shape index (κ2) is 4.86.